The van der Waals surface area contributed by atoms with Crippen molar-refractivity contribution in [3.8, 4) is 0 Å². The lowest BCUT2D eigenvalue weighted by Crippen LogP contribution is -2.48. The van der Waals surface area contributed by atoms with Gasteiger partial charge < -0.3 is 10.0 Å². The Morgan fingerprint density at radius 1 is 1.21 bits per heavy atom. The lowest BCUT2D eigenvalue weighted by atomic mass is 10.1. The summed E-state index contributed by atoms with van der Waals surface area (Å²) >= 11 is 0. The lowest BCUT2D eigenvalue weighted by molar-refractivity contribution is 0.282. The summed E-state index contributed by atoms with van der Waals surface area (Å²) in [5, 5.41) is 9.10. The maximum Gasteiger partial charge on any atom is 0.211 e. The van der Waals surface area contributed by atoms with Crippen molar-refractivity contribution < 1.29 is 13.5 Å². The highest BCUT2D eigenvalue weighted by molar-refractivity contribution is 7.88. The first-order valence-corrected chi connectivity index (χ1v) is 8.17. The Hall–Kier alpha value is -1.11. The summed E-state index contributed by atoms with van der Waals surface area (Å²) < 4.78 is 24.4. The summed E-state index contributed by atoms with van der Waals surface area (Å²) in [6.07, 6.45) is 1.25. The molecule has 1 N–H and O–H groups in total. The SMILES string of the molecule is Cc1cc(CO)ccc1N1CCN(S(C)(=O)=O)CC1. The number of rotatable bonds is 3. The van der Waals surface area contributed by atoms with E-state index in [0.29, 0.717) is 26.2 Å². The average Bonchev–Trinajstić information content (AvgIpc) is 2.37. The fraction of sp³-hybridized carbons (Fsp3) is 0.538. The lowest BCUT2D eigenvalue weighted by Gasteiger charge is -2.35. The van der Waals surface area contributed by atoms with Crippen LogP contribution in [0.1, 0.15) is 11.1 Å². The highest BCUT2D eigenvalue weighted by atomic mass is 32.2. The van der Waals surface area contributed by atoms with E-state index in [1.165, 1.54) is 10.6 Å². The number of aliphatic hydroxyl groups excluding tert-OH is 1. The predicted octanol–water partition coefficient (Wildman–Crippen LogP) is 0.569. The van der Waals surface area contributed by atoms with E-state index in [9.17, 15) is 8.42 Å². The number of anilines is 1. The molecule has 0 aliphatic carbocycles. The summed E-state index contributed by atoms with van der Waals surface area (Å²) in [7, 11) is -3.08. The molecule has 0 amide bonds. The van der Waals surface area contributed by atoms with Crippen molar-refractivity contribution in [2.75, 3.05) is 37.3 Å². The number of sulfonamides is 1. The first kappa shape index (κ1) is 14.3. The number of aliphatic hydroxyl groups is 1. The van der Waals surface area contributed by atoms with E-state index in [1.807, 2.05) is 25.1 Å². The molecule has 0 bridgehead atoms. The van der Waals surface area contributed by atoms with Crippen LogP contribution in [0, 0.1) is 6.92 Å². The van der Waals surface area contributed by atoms with Gasteiger partial charge in [0.15, 0.2) is 0 Å². The van der Waals surface area contributed by atoms with E-state index in [4.69, 9.17) is 5.11 Å². The summed E-state index contributed by atoms with van der Waals surface area (Å²) in [4.78, 5) is 2.19. The maximum atomic E-state index is 11.5. The minimum atomic E-state index is -3.08. The highest BCUT2D eigenvalue weighted by Gasteiger charge is 2.23. The third-order valence-corrected chi connectivity index (χ3v) is 4.80. The molecule has 1 aromatic rings. The van der Waals surface area contributed by atoms with Crippen molar-refractivity contribution >= 4 is 15.7 Å². The van der Waals surface area contributed by atoms with Crippen LogP contribution in [0.2, 0.25) is 0 Å². The third kappa shape index (κ3) is 3.26. The van der Waals surface area contributed by atoms with Crippen LogP contribution < -0.4 is 4.90 Å². The van der Waals surface area contributed by atoms with Gasteiger partial charge >= 0.3 is 0 Å². The molecule has 0 spiro atoms. The third-order valence-electron chi connectivity index (χ3n) is 3.49. The Morgan fingerprint density at radius 3 is 2.32 bits per heavy atom. The second kappa shape index (κ2) is 5.48. The van der Waals surface area contributed by atoms with Gasteiger partial charge in [0, 0.05) is 31.9 Å². The number of hydrogen-bond acceptors (Lipinski definition) is 4. The maximum absolute atomic E-state index is 11.5. The van der Waals surface area contributed by atoms with Crippen LogP contribution in [-0.4, -0.2) is 50.3 Å². The molecule has 19 heavy (non-hydrogen) atoms. The fourth-order valence-electron chi connectivity index (χ4n) is 2.43. The quantitative estimate of drug-likeness (QED) is 0.881. The van der Waals surface area contributed by atoms with E-state index in [0.717, 1.165) is 16.8 Å². The standard InChI is InChI=1S/C13H20N2O3S/c1-11-9-12(10-16)3-4-13(11)14-5-7-15(8-6-14)19(2,17)18/h3-4,9,16H,5-8,10H2,1-2H3. The number of benzene rings is 1. The zero-order valence-electron chi connectivity index (χ0n) is 11.3. The molecule has 0 unspecified atom stereocenters. The zero-order valence-corrected chi connectivity index (χ0v) is 12.2. The minimum absolute atomic E-state index is 0.0446. The summed E-state index contributed by atoms with van der Waals surface area (Å²) in [5.74, 6) is 0. The second-order valence-corrected chi connectivity index (χ2v) is 6.91. The van der Waals surface area contributed by atoms with Crippen molar-refractivity contribution in [3.05, 3.63) is 29.3 Å². The number of nitrogens with zero attached hydrogens (tertiary/aromatic N) is 2. The van der Waals surface area contributed by atoms with E-state index in [-0.39, 0.29) is 6.61 Å². The van der Waals surface area contributed by atoms with E-state index in [2.05, 4.69) is 4.90 Å². The van der Waals surface area contributed by atoms with Gasteiger partial charge in [-0.2, -0.15) is 4.31 Å². The van der Waals surface area contributed by atoms with Gasteiger partial charge in [-0.1, -0.05) is 12.1 Å². The Morgan fingerprint density at radius 2 is 1.84 bits per heavy atom. The zero-order chi connectivity index (χ0) is 14.0. The Labute approximate surface area is 114 Å². The van der Waals surface area contributed by atoms with Crippen LogP contribution >= 0.6 is 0 Å². The normalized spacial score (nSPS) is 17.7. The first-order valence-electron chi connectivity index (χ1n) is 6.32. The smallest absolute Gasteiger partial charge is 0.211 e. The van der Waals surface area contributed by atoms with Crippen molar-refractivity contribution in [1.29, 1.82) is 0 Å². The molecule has 0 atom stereocenters. The number of hydrogen-bond donors (Lipinski definition) is 1. The predicted molar refractivity (Wildman–Crippen MR) is 75.7 cm³/mol. The molecular weight excluding hydrogens is 264 g/mol. The molecule has 1 fully saturated rings. The summed E-state index contributed by atoms with van der Waals surface area (Å²) in [6.45, 7) is 4.51. The molecule has 1 heterocycles. The highest BCUT2D eigenvalue weighted by Crippen LogP contribution is 2.23. The number of aryl methyl sites for hydroxylation is 1. The molecule has 5 nitrogen and oxygen atoms in total. The van der Waals surface area contributed by atoms with Crippen molar-refractivity contribution in [3.63, 3.8) is 0 Å². The van der Waals surface area contributed by atoms with E-state index < -0.39 is 10.0 Å². The molecule has 106 valence electrons. The van der Waals surface area contributed by atoms with Crippen LogP contribution in [0.25, 0.3) is 0 Å². The van der Waals surface area contributed by atoms with Crippen molar-refractivity contribution in [1.82, 2.24) is 4.31 Å². The second-order valence-electron chi connectivity index (χ2n) is 4.93. The van der Waals surface area contributed by atoms with Crippen LogP contribution in [0.3, 0.4) is 0 Å². The van der Waals surface area contributed by atoms with Crippen LogP contribution in [-0.2, 0) is 16.6 Å². The molecule has 1 aromatic carbocycles. The van der Waals surface area contributed by atoms with Crippen LogP contribution in [0.4, 0.5) is 5.69 Å². The summed E-state index contributed by atoms with van der Waals surface area (Å²) in [6, 6.07) is 5.88. The minimum Gasteiger partial charge on any atom is -0.392 e. The molecule has 0 radical (unpaired) electrons. The molecular formula is C13H20N2O3S. The Balaban J connectivity index is 2.10. The molecule has 1 saturated heterocycles. The molecule has 1 aliphatic heterocycles. The molecule has 1 aliphatic rings. The molecule has 0 saturated carbocycles. The van der Waals surface area contributed by atoms with Gasteiger partial charge in [-0.3, -0.25) is 0 Å². The van der Waals surface area contributed by atoms with Crippen molar-refractivity contribution in [2.24, 2.45) is 0 Å². The fourth-order valence-corrected chi connectivity index (χ4v) is 3.26. The van der Waals surface area contributed by atoms with Crippen LogP contribution in [0.5, 0.6) is 0 Å². The first-order chi connectivity index (χ1) is 8.91. The summed E-state index contributed by atoms with van der Waals surface area (Å²) in [5.41, 5.74) is 3.13. The average molecular weight is 284 g/mol. The van der Waals surface area contributed by atoms with Gasteiger partial charge in [0.05, 0.1) is 12.9 Å². The van der Waals surface area contributed by atoms with Gasteiger partial charge in [-0.25, -0.2) is 8.42 Å². The van der Waals surface area contributed by atoms with Gasteiger partial charge in [0.1, 0.15) is 0 Å². The van der Waals surface area contributed by atoms with Gasteiger partial charge in [-0.15, -0.1) is 0 Å². The van der Waals surface area contributed by atoms with E-state index >= 15 is 0 Å². The van der Waals surface area contributed by atoms with Crippen LogP contribution in [0.15, 0.2) is 18.2 Å². The monoisotopic (exact) mass is 284 g/mol. The Bertz CT molecular complexity index is 549. The Kier molecular flexibility index (Phi) is 4.13. The van der Waals surface area contributed by atoms with Gasteiger partial charge in [-0.05, 0) is 24.1 Å². The van der Waals surface area contributed by atoms with E-state index in [1.54, 1.807) is 0 Å². The topological polar surface area (TPSA) is 60.9 Å². The molecule has 0 aromatic heterocycles. The number of piperazine rings is 1. The largest absolute Gasteiger partial charge is 0.392 e. The molecule has 6 heteroatoms. The van der Waals surface area contributed by atoms with Gasteiger partial charge in [0.25, 0.3) is 0 Å². The molecule has 2 rings (SSSR count). The van der Waals surface area contributed by atoms with Gasteiger partial charge in [0.2, 0.25) is 10.0 Å². The van der Waals surface area contributed by atoms with Crippen molar-refractivity contribution in [2.45, 2.75) is 13.5 Å².